The minimum atomic E-state index is -0.950. The lowest BCUT2D eigenvalue weighted by molar-refractivity contribution is -0.142. The zero-order valence-electron chi connectivity index (χ0n) is 11.9. The molecular formula is C14H20N2O5. The molecule has 3 N–H and O–H groups in total. The lowest BCUT2D eigenvalue weighted by atomic mass is 10.0. The maximum absolute atomic E-state index is 12.6. The van der Waals surface area contributed by atoms with Crippen LogP contribution in [-0.2, 0) is 16.1 Å². The molecule has 1 fully saturated rings. The molecule has 1 amide bonds. The summed E-state index contributed by atoms with van der Waals surface area (Å²) in [7, 11) is 0. The summed E-state index contributed by atoms with van der Waals surface area (Å²) < 4.78 is 10.6. The van der Waals surface area contributed by atoms with Gasteiger partial charge in [0.05, 0.1) is 25.8 Å². The molecule has 21 heavy (non-hydrogen) atoms. The van der Waals surface area contributed by atoms with E-state index in [0.717, 1.165) is 6.42 Å². The Kier molecular flexibility index (Phi) is 4.98. The van der Waals surface area contributed by atoms with Gasteiger partial charge in [-0.15, -0.1) is 0 Å². The van der Waals surface area contributed by atoms with Crippen molar-refractivity contribution in [3.05, 3.63) is 23.7 Å². The summed E-state index contributed by atoms with van der Waals surface area (Å²) >= 11 is 0. The molecule has 1 aliphatic rings. The van der Waals surface area contributed by atoms with Crippen LogP contribution in [0.5, 0.6) is 0 Å². The maximum atomic E-state index is 12.6. The molecule has 2 unspecified atom stereocenters. The molecule has 2 atom stereocenters. The number of carboxylic acids is 1. The van der Waals surface area contributed by atoms with E-state index in [2.05, 4.69) is 0 Å². The zero-order valence-corrected chi connectivity index (χ0v) is 11.9. The van der Waals surface area contributed by atoms with Gasteiger partial charge in [0.15, 0.2) is 5.76 Å². The molecule has 0 aliphatic carbocycles. The maximum Gasteiger partial charge on any atom is 0.311 e. The van der Waals surface area contributed by atoms with Crippen LogP contribution in [0.3, 0.4) is 0 Å². The van der Waals surface area contributed by atoms with Gasteiger partial charge in [-0.1, -0.05) is 6.92 Å². The highest BCUT2D eigenvalue weighted by Gasteiger charge is 2.40. The lowest BCUT2D eigenvalue weighted by Gasteiger charge is -2.29. The number of hydrogen-bond donors (Lipinski definition) is 2. The summed E-state index contributed by atoms with van der Waals surface area (Å²) in [5.41, 5.74) is 5.47. The highest BCUT2D eigenvalue weighted by molar-refractivity contribution is 5.92. The molecule has 2 heterocycles. The van der Waals surface area contributed by atoms with Crippen LogP contribution in [0.25, 0.3) is 0 Å². The molecule has 1 aliphatic heterocycles. The Hall–Kier alpha value is -1.86. The number of carbonyl (C=O) groups excluding carboxylic acids is 1. The molecule has 0 saturated carbocycles. The number of carbonyl (C=O) groups is 2. The second-order valence-electron chi connectivity index (χ2n) is 5.02. The average molecular weight is 296 g/mol. The largest absolute Gasteiger partial charge is 0.481 e. The first-order chi connectivity index (χ1) is 10.1. The van der Waals surface area contributed by atoms with Crippen LogP contribution >= 0.6 is 0 Å². The Morgan fingerprint density at radius 1 is 1.43 bits per heavy atom. The second-order valence-corrected chi connectivity index (χ2v) is 5.02. The Morgan fingerprint density at radius 3 is 2.76 bits per heavy atom. The van der Waals surface area contributed by atoms with Crippen molar-refractivity contribution in [3.63, 3.8) is 0 Å². The highest BCUT2D eigenvalue weighted by Crippen LogP contribution is 2.23. The van der Waals surface area contributed by atoms with Crippen molar-refractivity contribution in [2.45, 2.75) is 25.9 Å². The van der Waals surface area contributed by atoms with Crippen LogP contribution in [-0.4, -0.2) is 47.7 Å². The van der Waals surface area contributed by atoms with E-state index in [-0.39, 0.29) is 31.4 Å². The molecular weight excluding hydrogens is 276 g/mol. The summed E-state index contributed by atoms with van der Waals surface area (Å²) in [6.07, 6.45) is 0.721. The first-order valence-electron chi connectivity index (χ1n) is 6.98. The summed E-state index contributed by atoms with van der Waals surface area (Å²) in [5, 5.41) is 9.24. The van der Waals surface area contributed by atoms with Gasteiger partial charge in [-0.25, -0.2) is 0 Å². The van der Waals surface area contributed by atoms with Crippen molar-refractivity contribution >= 4 is 11.9 Å². The number of carboxylic acid groups (broad SMARTS) is 1. The van der Waals surface area contributed by atoms with Crippen LogP contribution in [0, 0.1) is 5.92 Å². The smallest absolute Gasteiger partial charge is 0.311 e. The van der Waals surface area contributed by atoms with Crippen molar-refractivity contribution in [3.8, 4) is 0 Å². The van der Waals surface area contributed by atoms with Gasteiger partial charge in [0.2, 0.25) is 0 Å². The molecule has 1 saturated heterocycles. The van der Waals surface area contributed by atoms with E-state index in [4.69, 9.17) is 14.9 Å². The zero-order chi connectivity index (χ0) is 15.4. The van der Waals surface area contributed by atoms with Crippen molar-refractivity contribution in [2.24, 2.45) is 11.7 Å². The summed E-state index contributed by atoms with van der Waals surface area (Å²) in [6.45, 7) is 2.95. The van der Waals surface area contributed by atoms with E-state index in [1.807, 2.05) is 6.92 Å². The molecule has 7 heteroatoms. The van der Waals surface area contributed by atoms with Crippen LogP contribution in [0.4, 0.5) is 0 Å². The number of ether oxygens (including phenoxy) is 1. The fraction of sp³-hybridized carbons (Fsp3) is 0.571. The molecule has 0 spiro atoms. The van der Waals surface area contributed by atoms with Gasteiger partial charge in [-0.3, -0.25) is 9.59 Å². The van der Waals surface area contributed by atoms with E-state index in [1.54, 1.807) is 12.1 Å². The van der Waals surface area contributed by atoms with E-state index >= 15 is 0 Å². The molecule has 2 rings (SSSR count). The molecule has 7 nitrogen and oxygen atoms in total. The predicted octanol–water partition coefficient (Wildman–Crippen LogP) is 0.690. The lowest BCUT2D eigenvalue weighted by Crippen LogP contribution is -2.46. The summed E-state index contributed by atoms with van der Waals surface area (Å²) in [4.78, 5) is 25.4. The molecule has 1 aromatic heterocycles. The fourth-order valence-electron chi connectivity index (χ4n) is 2.49. The minimum absolute atomic E-state index is 0.125. The van der Waals surface area contributed by atoms with E-state index in [9.17, 15) is 14.7 Å². The van der Waals surface area contributed by atoms with Gasteiger partial charge in [-0.2, -0.15) is 0 Å². The third-order valence-electron chi connectivity index (χ3n) is 3.57. The first-order valence-corrected chi connectivity index (χ1v) is 6.98. The number of hydrogen-bond acceptors (Lipinski definition) is 5. The van der Waals surface area contributed by atoms with Gasteiger partial charge in [-0.05, 0) is 18.6 Å². The monoisotopic (exact) mass is 296 g/mol. The molecule has 1 aromatic rings. The van der Waals surface area contributed by atoms with Crippen LogP contribution in [0.2, 0.25) is 0 Å². The highest BCUT2D eigenvalue weighted by atomic mass is 16.5. The Morgan fingerprint density at radius 2 is 2.19 bits per heavy atom. The van der Waals surface area contributed by atoms with Gasteiger partial charge in [0.1, 0.15) is 11.7 Å². The minimum Gasteiger partial charge on any atom is -0.481 e. The number of rotatable bonds is 6. The molecule has 116 valence electrons. The Bertz CT molecular complexity index is 513. The van der Waals surface area contributed by atoms with Crippen molar-refractivity contribution < 1.29 is 23.8 Å². The van der Waals surface area contributed by atoms with Crippen molar-refractivity contribution in [1.29, 1.82) is 0 Å². The van der Waals surface area contributed by atoms with Crippen molar-refractivity contribution in [2.75, 3.05) is 19.8 Å². The molecule has 0 aromatic carbocycles. The summed E-state index contributed by atoms with van der Waals surface area (Å²) in [5.74, 6) is -1.27. The van der Waals surface area contributed by atoms with Crippen molar-refractivity contribution in [1.82, 2.24) is 4.90 Å². The third kappa shape index (κ3) is 3.25. The van der Waals surface area contributed by atoms with E-state index in [0.29, 0.717) is 12.3 Å². The van der Waals surface area contributed by atoms with Crippen LogP contribution in [0.15, 0.2) is 16.5 Å². The predicted molar refractivity (Wildman–Crippen MR) is 73.7 cm³/mol. The topological polar surface area (TPSA) is 106 Å². The quantitative estimate of drug-likeness (QED) is 0.800. The van der Waals surface area contributed by atoms with Gasteiger partial charge in [0, 0.05) is 6.54 Å². The number of aliphatic carboxylic acids is 1. The number of nitrogens with zero attached hydrogens (tertiary/aromatic N) is 1. The SMILES string of the molecule is CCCN(C(=O)c1ccc(CN)o1)C1COCC1C(=O)O. The molecule has 0 radical (unpaired) electrons. The standard InChI is InChI=1S/C14H20N2O5/c1-2-5-16(11-8-20-7-10(11)14(18)19)13(17)12-4-3-9(6-15)21-12/h3-4,10-11H,2,5-8,15H2,1H3,(H,18,19). The first kappa shape index (κ1) is 15.5. The second kappa shape index (κ2) is 6.73. The summed E-state index contributed by atoms with van der Waals surface area (Å²) in [6, 6.07) is 2.75. The van der Waals surface area contributed by atoms with E-state index in [1.165, 1.54) is 4.90 Å². The Labute approximate surface area is 122 Å². The van der Waals surface area contributed by atoms with Gasteiger partial charge < -0.3 is 24.9 Å². The van der Waals surface area contributed by atoms with E-state index < -0.39 is 17.9 Å². The van der Waals surface area contributed by atoms with Crippen LogP contribution in [0.1, 0.15) is 29.7 Å². The molecule has 0 bridgehead atoms. The normalized spacial score (nSPS) is 21.4. The van der Waals surface area contributed by atoms with Gasteiger partial charge in [0.25, 0.3) is 5.91 Å². The Balaban J connectivity index is 2.21. The number of furan rings is 1. The number of amides is 1. The fourth-order valence-corrected chi connectivity index (χ4v) is 2.49. The van der Waals surface area contributed by atoms with Crippen LogP contribution < -0.4 is 5.73 Å². The average Bonchev–Trinajstić information content (AvgIpc) is 3.12. The third-order valence-corrected chi connectivity index (χ3v) is 3.57. The number of nitrogens with two attached hydrogens (primary N) is 1. The van der Waals surface area contributed by atoms with Gasteiger partial charge >= 0.3 is 5.97 Å².